The average Bonchev–Trinajstić information content (AvgIpc) is 2.61. The summed E-state index contributed by atoms with van der Waals surface area (Å²) in [5.41, 5.74) is 0.284. The molecule has 1 unspecified atom stereocenters. The van der Waals surface area contributed by atoms with E-state index in [9.17, 15) is 0 Å². The highest BCUT2D eigenvalue weighted by molar-refractivity contribution is 7.12. The Morgan fingerprint density at radius 3 is 2.25 bits per heavy atom. The van der Waals surface area contributed by atoms with Crippen molar-refractivity contribution in [2.24, 2.45) is 5.92 Å². The van der Waals surface area contributed by atoms with Crippen LogP contribution >= 0.6 is 11.3 Å². The smallest absolute Gasteiger partial charge is 0.0302 e. The van der Waals surface area contributed by atoms with Crippen LogP contribution in [-0.2, 0) is 12.0 Å². The van der Waals surface area contributed by atoms with Crippen molar-refractivity contribution in [2.45, 2.75) is 59.5 Å². The topological polar surface area (TPSA) is 12.0 Å². The molecule has 1 nitrogen and oxygen atoms in total. The predicted octanol–water partition coefficient (Wildman–Crippen LogP) is 4.18. The fraction of sp³-hybridized carbons (Fsp3) is 0.714. The standard InChI is InChI=1S/C14H25NS/c1-10(2)11(3)15-9-12-7-8-13(16-12)14(4,5)6/h7-8,10-11,15H,9H2,1-6H3. The molecule has 1 heterocycles. The quantitative estimate of drug-likeness (QED) is 0.831. The van der Waals surface area contributed by atoms with E-state index in [0.29, 0.717) is 12.0 Å². The van der Waals surface area contributed by atoms with Gasteiger partial charge in [0.1, 0.15) is 0 Å². The van der Waals surface area contributed by atoms with Gasteiger partial charge in [-0.2, -0.15) is 0 Å². The van der Waals surface area contributed by atoms with Crippen LogP contribution in [0.2, 0.25) is 0 Å². The molecule has 0 saturated heterocycles. The first-order valence-corrected chi connectivity index (χ1v) is 6.95. The Balaban J connectivity index is 2.53. The van der Waals surface area contributed by atoms with Gasteiger partial charge < -0.3 is 5.32 Å². The Labute approximate surface area is 104 Å². The highest BCUT2D eigenvalue weighted by Crippen LogP contribution is 2.29. The summed E-state index contributed by atoms with van der Waals surface area (Å²) < 4.78 is 0. The molecule has 0 aromatic carbocycles. The van der Waals surface area contributed by atoms with Gasteiger partial charge in [-0.15, -0.1) is 11.3 Å². The first-order chi connectivity index (χ1) is 7.30. The zero-order chi connectivity index (χ0) is 12.3. The molecule has 1 N–H and O–H groups in total. The zero-order valence-corrected chi connectivity index (χ0v) is 12.2. The molecule has 1 rings (SSSR count). The summed E-state index contributed by atoms with van der Waals surface area (Å²) in [6.07, 6.45) is 0. The molecule has 0 spiro atoms. The van der Waals surface area contributed by atoms with E-state index in [1.807, 2.05) is 11.3 Å². The Bertz CT molecular complexity index is 320. The molecule has 0 aliphatic rings. The van der Waals surface area contributed by atoms with Crippen LogP contribution in [0.15, 0.2) is 12.1 Å². The van der Waals surface area contributed by atoms with Gasteiger partial charge in [-0.1, -0.05) is 34.6 Å². The second kappa shape index (κ2) is 5.33. The highest BCUT2D eigenvalue weighted by atomic mass is 32.1. The molecule has 1 aromatic heterocycles. The summed E-state index contributed by atoms with van der Waals surface area (Å²) in [6.45, 7) is 14.6. The van der Waals surface area contributed by atoms with Crippen molar-refractivity contribution in [1.29, 1.82) is 0 Å². The lowest BCUT2D eigenvalue weighted by atomic mass is 9.95. The number of rotatable bonds is 4. The summed E-state index contributed by atoms with van der Waals surface area (Å²) in [6, 6.07) is 5.10. The maximum absolute atomic E-state index is 3.57. The lowest BCUT2D eigenvalue weighted by Gasteiger charge is -2.17. The summed E-state index contributed by atoms with van der Waals surface area (Å²) in [7, 11) is 0. The SMILES string of the molecule is CC(C)C(C)NCc1ccc(C(C)(C)C)s1. The van der Waals surface area contributed by atoms with Gasteiger partial charge in [0.05, 0.1) is 0 Å². The molecule has 0 aliphatic carbocycles. The molecule has 1 aromatic rings. The largest absolute Gasteiger partial charge is 0.309 e. The monoisotopic (exact) mass is 239 g/mol. The minimum absolute atomic E-state index is 0.284. The van der Waals surface area contributed by atoms with Gasteiger partial charge in [0, 0.05) is 22.3 Å². The predicted molar refractivity (Wildman–Crippen MR) is 74.2 cm³/mol. The minimum atomic E-state index is 0.284. The first kappa shape index (κ1) is 13.7. The van der Waals surface area contributed by atoms with Crippen LogP contribution in [0.3, 0.4) is 0 Å². The molecule has 1 atom stereocenters. The van der Waals surface area contributed by atoms with Crippen molar-refractivity contribution in [3.63, 3.8) is 0 Å². The van der Waals surface area contributed by atoms with Crippen molar-refractivity contribution < 1.29 is 0 Å². The number of hydrogen-bond donors (Lipinski definition) is 1. The molecule has 0 aliphatic heterocycles. The highest BCUT2D eigenvalue weighted by Gasteiger charge is 2.16. The molecule has 0 bridgehead atoms. The van der Waals surface area contributed by atoms with Crippen LogP contribution in [0, 0.1) is 5.92 Å². The molecular formula is C14H25NS. The molecule has 0 fully saturated rings. The average molecular weight is 239 g/mol. The maximum atomic E-state index is 3.57. The first-order valence-electron chi connectivity index (χ1n) is 6.13. The fourth-order valence-corrected chi connectivity index (χ4v) is 2.39. The van der Waals surface area contributed by atoms with Crippen LogP contribution < -0.4 is 5.32 Å². The van der Waals surface area contributed by atoms with E-state index >= 15 is 0 Å². The van der Waals surface area contributed by atoms with E-state index in [-0.39, 0.29) is 5.41 Å². The zero-order valence-electron chi connectivity index (χ0n) is 11.4. The molecule has 2 heteroatoms. The van der Waals surface area contributed by atoms with E-state index in [2.05, 4.69) is 59.0 Å². The lowest BCUT2D eigenvalue weighted by molar-refractivity contribution is 0.428. The van der Waals surface area contributed by atoms with Gasteiger partial charge in [-0.05, 0) is 30.4 Å². The van der Waals surface area contributed by atoms with Crippen LogP contribution in [-0.4, -0.2) is 6.04 Å². The van der Waals surface area contributed by atoms with E-state index in [1.165, 1.54) is 9.75 Å². The summed E-state index contributed by atoms with van der Waals surface area (Å²) in [5.74, 6) is 0.696. The number of hydrogen-bond acceptors (Lipinski definition) is 2. The third-order valence-corrected chi connectivity index (χ3v) is 4.51. The summed E-state index contributed by atoms with van der Waals surface area (Å²) in [5, 5.41) is 3.57. The fourth-order valence-electron chi connectivity index (χ4n) is 1.37. The lowest BCUT2D eigenvalue weighted by Crippen LogP contribution is -2.29. The van der Waals surface area contributed by atoms with Gasteiger partial charge in [0.2, 0.25) is 0 Å². The van der Waals surface area contributed by atoms with Gasteiger partial charge in [-0.25, -0.2) is 0 Å². The van der Waals surface area contributed by atoms with Crippen molar-refractivity contribution in [2.75, 3.05) is 0 Å². The third-order valence-electron chi connectivity index (χ3n) is 3.00. The van der Waals surface area contributed by atoms with E-state index in [0.717, 1.165) is 6.54 Å². The normalized spacial score (nSPS) is 14.4. The maximum Gasteiger partial charge on any atom is 0.0302 e. The second-order valence-electron chi connectivity index (χ2n) is 5.93. The molecule has 16 heavy (non-hydrogen) atoms. The Kier molecular flexibility index (Phi) is 4.57. The molecule has 92 valence electrons. The van der Waals surface area contributed by atoms with Gasteiger partial charge in [0.15, 0.2) is 0 Å². The molecule has 0 radical (unpaired) electrons. The Hall–Kier alpha value is -0.340. The van der Waals surface area contributed by atoms with Crippen molar-refractivity contribution in [3.05, 3.63) is 21.9 Å². The van der Waals surface area contributed by atoms with Crippen LogP contribution in [0.4, 0.5) is 0 Å². The minimum Gasteiger partial charge on any atom is -0.309 e. The van der Waals surface area contributed by atoms with Gasteiger partial charge in [-0.3, -0.25) is 0 Å². The van der Waals surface area contributed by atoms with E-state index < -0.39 is 0 Å². The molecule has 0 amide bonds. The Morgan fingerprint density at radius 2 is 1.81 bits per heavy atom. The van der Waals surface area contributed by atoms with Crippen molar-refractivity contribution in [3.8, 4) is 0 Å². The third kappa shape index (κ3) is 3.91. The summed E-state index contributed by atoms with van der Waals surface area (Å²) >= 11 is 1.93. The molecular weight excluding hydrogens is 214 g/mol. The van der Waals surface area contributed by atoms with Crippen molar-refractivity contribution >= 4 is 11.3 Å². The number of thiophene rings is 1. The van der Waals surface area contributed by atoms with Crippen LogP contribution in [0.25, 0.3) is 0 Å². The number of nitrogens with one attached hydrogen (secondary N) is 1. The van der Waals surface area contributed by atoms with Crippen LogP contribution in [0.1, 0.15) is 51.3 Å². The van der Waals surface area contributed by atoms with Crippen molar-refractivity contribution in [1.82, 2.24) is 5.32 Å². The van der Waals surface area contributed by atoms with E-state index in [4.69, 9.17) is 0 Å². The van der Waals surface area contributed by atoms with E-state index in [1.54, 1.807) is 0 Å². The summed E-state index contributed by atoms with van der Waals surface area (Å²) in [4.78, 5) is 2.92. The Morgan fingerprint density at radius 1 is 1.19 bits per heavy atom. The second-order valence-corrected chi connectivity index (χ2v) is 7.10. The molecule has 0 saturated carbocycles. The van der Waals surface area contributed by atoms with Crippen LogP contribution in [0.5, 0.6) is 0 Å². The van der Waals surface area contributed by atoms with Gasteiger partial charge >= 0.3 is 0 Å². The van der Waals surface area contributed by atoms with Gasteiger partial charge in [0.25, 0.3) is 0 Å².